The highest BCUT2D eigenvalue weighted by molar-refractivity contribution is 8.14. The number of thioether (sulfide) groups is 1. The second-order valence-corrected chi connectivity index (χ2v) is 7.33. The number of halogens is 1. The standard InChI is InChI=1S/C22H17FN2OS/c23-17-13-11-16(12-14-17)20-15-21(26)24-22(27-20)25(18-7-3-1-4-8-18)19-9-5-2-6-10-19/h1-14,20H,15H2/t20-/m1/s1. The first-order valence-corrected chi connectivity index (χ1v) is 9.52. The van der Waals surface area contributed by atoms with Crippen molar-refractivity contribution in [3.63, 3.8) is 0 Å². The molecule has 0 radical (unpaired) electrons. The Morgan fingerprint density at radius 2 is 1.41 bits per heavy atom. The predicted molar refractivity (Wildman–Crippen MR) is 109 cm³/mol. The van der Waals surface area contributed by atoms with E-state index in [0.717, 1.165) is 16.9 Å². The van der Waals surface area contributed by atoms with Gasteiger partial charge in [-0.15, -0.1) is 0 Å². The van der Waals surface area contributed by atoms with Crippen molar-refractivity contribution in [2.75, 3.05) is 4.90 Å². The highest BCUT2D eigenvalue weighted by Crippen LogP contribution is 2.40. The number of carbonyl (C=O) groups excluding carboxylic acids is 1. The van der Waals surface area contributed by atoms with E-state index in [-0.39, 0.29) is 17.0 Å². The monoisotopic (exact) mass is 376 g/mol. The van der Waals surface area contributed by atoms with Gasteiger partial charge >= 0.3 is 0 Å². The van der Waals surface area contributed by atoms with Crippen molar-refractivity contribution in [1.82, 2.24) is 0 Å². The third-order valence-electron chi connectivity index (χ3n) is 4.29. The number of benzene rings is 3. The van der Waals surface area contributed by atoms with Crippen LogP contribution in [-0.4, -0.2) is 11.1 Å². The molecule has 0 unspecified atom stereocenters. The van der Waals surface area contributed by atoms with Gasteiger partial charge in [-0.3, -0.25) is 9.69 Å². The Bertz CT molecular complexity index is 919. The number of anilines is 2. The van der Waals surface area contributed by atoms with Crippen molar-refractivity contribution in [2.45, 2.75) is 11.7 Å². The fraction of sp³-hybridized carbons (Fsp3) is 0.0909. The van der Waals surface area contributed by atoms with Crippen LogP contribution in [0.2, 0.25) is 0 Å². The third-order valence-corrected chi connectivity index (χ3v) is 5.50. The minimum atomic E-state index is -0.282. The molecule has 0 aromatic heterocycles. The Kier molecular flexibility index (Phi) is 5.03. The number of hydrogen-bond donors (Lipinski definition) is 0. The molecule has 3 nitrogen and oxygen atoms in total. The number of rotatable bonds is 3. The number of carbonyl (C=O) groups is 1. The van der Waals surface area contributed by atoms with Crippen LogP contribution in [-0.2, 0) is 4.79 Å². The second kappa shape index (κ2) is 7.76. The summed E-state index contributed by atoms with van der Waals surface area (Å²) in [5.41, 5.74) is 2.79. The van der Waals surface area contributed by atoms with E-state index in [4.69, 9.17) is 0 Å². The van der Waals surface area contributed by atoms with Crippen LogP contribution in [0.3, 0.4) is 0 Å². The summed E-state index contributed by atoms with van der Waals surface area (Å²) in [6, 6.07) is 26.0. The lowest BCUT2D eigenvalue weighted by Crippen LogP contribution is -2.28. The van der Waals surface area contributed by atoms with Crippen LogP contribution in [0, 0.1) is 5.82 Å². The summed E-state index contributed by atoms with van der Waals surface area (Å²) >= 11 is 1.52. The smallest absolute Gasteiger partial charge is 0.249 e. The van der Waals surface area contributed by atoms with Gasteiger partial charge in [0.25, 0.3) is 0 Å². The van der Waals surface area contributed by atoms with Crippen molar-refractivity contribution in [2.24, 2.45) is 4.99 Å². The van der Waals surface area contributed by atoms with E-state index in [1.807, 2.05) is 65.6 Å². The zero-order valence-electron chi connectivity index (χ0n) is 14.5. The van der Waals surface area contributed by atoms with Gasteiger partial charge in [-0.1, -0.05) is 60.3 Å². The maximum Gasteiger partial charge on any atom is 0.249 e. The van der Waals surface area contributed by atoms with E-state index in [1.165, 1.54) is 23.9 Å². The van der Waals surface area contributed by atoms with Crippen LogP contribution in [0.4, 0.5) is 15.8 Å². The van der Waals surface area contributed by atoms with Crippen molar-refractivity contribution in [1.29, 1.82) is 0 Å². The zero-order valence-corrected chi connectivity index (χ0v) is 15.3. The van der Waals surface area contributed by atoms with Gasteiger partial charge in [-0.2, -0.15) is 4.99 Å². The van der Waals surface area contributed by atoms with Crippen LogP contribution in [0.5, 0.6) is 0 Å². The maximum atomic E-state index is 13.3. The van der Waals surface area contributed by atoms with Gasteiger partial charge in [-0.05, 0) is 42.0 Å². The Hall–Kier alpha value is -2.92. The van der Waals surface area contributed by atoms with Crippen molar-refractivity contribution >= 4 is 34.2 Å². The number of aliphatic imine (C=N–C) groups is 1. The summed E-state index contributed by atoms with van der Waals surface area (Å²) in [4.78, 5) is 18.7. The quantitative estimate of drug-likeness (QED) is 0.586. The normalized spacial score (nSPS) is 16.7. The first-order chi connectivity index (χ1) is 13.2. The van der Waals surface area contributed by atoms with Crippen LogP contribution in [0.1, 0.15) is 17.2 Å². The Balaban J connectivity index is 1.73. The SMILES string of the molecule is O=C1C[C@H](c2ccc(F)cc2)SC(N(c2ccccc2)c2ccccc2)=N1. The van der Waals surface area contributed by atoms with E-state index in [9.17, 15) is 9.18 Å². The van der Waals surface area contributed by atoms with Crippen molar-refractivity contribution in [3.05, 3.63) is 96.3 Å². The lowest BCUT2D eigenvalue weighted by molar-refractivity contribution is -0.117. The van der Waals surface area contributed by atoms with Gasteiger partial charge in [-0.25, -0.2) is 4.39 Å². The molecule has 1 amide bonds. The lowest BCUT2D eigenvalue weighted by atomic mass is 10.1. The van der Waals surface area contributed by atoms with Gasteiger partial charge < -0.3 is 0 Å². The van der Waals surface area contributed by atoms with Gasteiger partial charge in [0.1, 0.15) is 5.82 Å². The zero-order chi connectivity index (χ0) is 18.6. The number of amidine groups is 1. The minimum absolute atomic E-state index is 0.0967. The molecule has 1 heterocycles. The van der Waals surface area contributed by atoms with Crippen molar-refractivity contribution < 1.29 is 9.18 Å². The molecular formula is C22H17FN2OS. The average Bonchev–Trinajstić information content (AvgIpc) is 2.70. The molecule has 1 aliphatic heterocycles. The summed E-state index contributed by atoms with van der Waals surface area (Å²) in [6.07, 6.45) is 0.303. The predicted octanol–water partition coefficient (Wildman–Crippen LogP) is 5.72. The van der Waals surface area contributed by atoms with Crippen LogP contribution < -0.4 is 4.90 Å². The van der Waals surface area contributed by atoms with E-state index >= 15 is 0 Å². The number of amides is 1. The van der Waals surface area contributed by atoms with E-state index < -0.39 is 0 Å². The molecule has 134 valence electrons. The van der Waals surface area contributed by atoms with E-state index in [2.05, 4.69) is 4.99 Å². The highest BCUT2D eigenvalue weighted by Gasteiger charge is 2.29. The molecule has 0 bridgehead atoms. The van der Waals surface area contributed by atoms with Crippen LogP contribution in [0.25, 0.3) is 0 Å². The Morgan fingerprint density at radius 3 is 1.96 bits per heavy atom. The molecule has 3 aromatic carbocycles. The Labute approximate surface area is 161 Å². The van der Waals surface area contributed by atoms with Gasteiger partial charge in [0.15, 0.2) is 5.17 Å². The molecule has 4 rings (SSSR count). The molecule has 27 heavy (non-hydrogen) atoms. The summed E-state index contributed by atoms with van der Waals surface area (Å²) in [5, 5.41) is 0.526. The minimum Gasteiger partial charge on any atom is -0.289 e. The molecule has 5 heteroatoms. The largest absolute Gasteiger partial charge is 0.289 e. The van der Waals surface area contributed by atoms with E-state index in [1.54, 1.807) is 12.1 Å². The third kappa shape index (κ3) is 3.93. The summed E-state index contributed by atoms with van der Waals surface area (Å²) < 4.78 is 13.3. The van der Waals surface area contributed by atoms with Crippen LogP contribution in [0.15, 0.2) is 89.9 Å². The fourth-order valence-electron chi connectivity index (χ4n) is 3.00. The Morgan fingerprint density at radius 1 is 0.852 bits per heavy atom. The molecule has 0 spiro atoms. The molecule has 0 aliphatic carbocycles. The second-order valence-electron chi connectivity index (χ2n) is 6.16. The van der Waals surface area contributed by atoms with Crippen molar-refractivity contribution in [3.8, 4) is 0 Å². The van der Waals surface area contributed by atoms with Gasteiger partial charge in [0, 0.05) is 23.0 Å². The average molecular weight is 376 g/mol. The van der Waals surface area contributed by atoms with Crippen LogP contribution >= 0.6 is 11.8 Å². The number of nitrogens with zero attached hydrogens (tertiary/aromatic N) is 2. The summed E-state index contributed by atoms with van der Waals surface area (Å²) in [5.74, 6) is -0.454. The molecule has 1 aliphatic rings. The summed E-state index contributed by atoms with van der Waals surface area (Å²) in [6.45, 7) is 0. The van der Waals surface area contributed by atoms with E-state index in [0.29, 0.717) is 11.6 Å². The first-order valence-electron chi connectivity index (χ1n) is 8.64. The fourth-order valence-corrected chi connectivity index (χ4v) is 4.24. The molecule has 0 N–H and O–H groups in total. The molecule has 0 fully saturated rings. The molecule has 0 saturated carbocycles. The molecular weight excluding hydrogens is 359 g/mol. The van der Waals surface area contributed by atoms with Gasteiger partial charge in [0.2, 0.25) is 5.91 Å². The lowest BCUT2D eigenvalue weighted by Gasteiger charge is -2.30. The summed E-state index contributed by atoms with van der Waals surface area (Å²) in [7, 11) is 0. The topological polar surface area (TPSA) is 32.7 Å². The number of hydrogen-bond acceptors (Lipinski definition) is 3. The molecule has 0 saturated heterocycles. The highest BCUT2D eigenvalue weighted by atomic mass is 32.2. The molecule has 1 atom stereocenters. The van der Waals surface area contributed by atoms with Gasteiger partial charge in [0.05, 0.1) is 0 Å². The maximum absolute atomic E-state index is 13.3. The number of para-hydroxylation sites is 2. The molecule has 3 aromatic rings. The first kappa shape index (κ1) is 17.5.